The number of fused-ring (bicyclic) bond motifs is 1. The second-order valence-corrected chi connectivity index (χ2v) is 4.38. The molecule has 0 aliphatic heterocycles. The van der Waals surface area contributed by atoms with E-state index in [1.807, 2.05) is 0 Å². The highest BCUT2D eigenvalue weighted by molar-refractivity contribution is 9.10. The summed E-state index contributed by atoms with van der Waals surface area (Å²) in [7, 11) is 0. The van der Waals surface area contributed by atoms with Gasteiger partial charge in [-0.25, -0.2) is 4.79 Å². The summed E-state index contributed by atoms with van der Waals surface area (Å²) in [4.78, 5) is 11.8. The van der Waals surface area contributed by atoms with Crippen LogP contribution >= 0.6 is 15.9 Å². The molecule has 0 radical (unpaired) electrons. The van der Waals surface area contributed by atoms with Gasteiger partial charge in [-0.05, 0) is 41.9 Å². The Kier molecular flexibility index (Phi) is 3.11. The van der Waals surface area contributed by atoms with Crippen molar-refractivity contribution < 1.29 is 19.1 Å². The third kappa shape index (κ3) is 1.91. The number of carbonyl (C=O) groups is 1. The molecule has 0 aliphatic carbocycles. The molecule has 0 amide bonds. The molecule has 0 unspecified atom stereocenters. The molecule has 0 aliphatic rings. The van der Waals surface area contributed by atoms with Gasteiger partial charge in [-0.15, -0.1) is 0 Å². The van der Waals surface area contributed by atoms with Crippen molar-refractivity contribution in [3.63, 3.8) is 0 Å². The quantitative estimate of drug-likeness (QED) is 0.864. The Morgan fingerprint density at radius 1 is 1.53 bits per heavy atom. The molecule has 0 saturated heterocycles. The molecule has 0 bridgehead atoms. The van der Waals surface area contributed by atoms with Crippen LogP contribution in [0.1, 0.15) is 23.0 Å². The summed E-state index contributed by atoms with van der Waals surface area (Å²) in [5, 5.41) is 10.3. The smallest absolute Gasteiger partial charge is 0.342 e. The lowest BCUT2D eigenvalue weighted by Crippen LogP contribution is -2.05. The number of aryl methyl sites for hydroxylation is 1. The summed E-state index contributed by atoms with van der Waals surface area (Å²) in [5.41, 5.74) is 0.743. The van der Waals surface area contributed by atoms with E-state index in [0.717, 1.165) is 0 Å². The number of esters is 1. The van der Waals surface area contributed by atoms with Crippen molar-refractivity contribution in [1.29, 1.82) is 0 Å². The van der Waals surface area contributed by atoms with Crippen LogP contribution in [0.3, 0.4) is 0 Å². The number of aromatic hydroxyl groups is 1. The molecule has 2 rings (SSSR count). The zero-order valence-electron chi connectivity index (χ0n) is 9.41. The van der Waals surface area contributed by atoms with E-state index >= 15 is 0 Å². The molecule has 90 valence electrons. The van der Waals surface area contributed by atoms with Gasteiger partial charge in [0.25, 0.3) is 0 Å². The minimum Gasteiger partial charge on any atom is -0.506 e. The molecule has 0 spiro atoms. The normalized spacial score (nSPS) is 10.8. The first-order chi connectivity index (χ1) is 8.06. The van der Waals surface area contributed by atoms with Crippen molar-refractivity contribution >= 4 is 32.9 Å². The molecule has 0 atom stereocenters. The lowest BCUT2D eigenvalue weighted by molar-refractivity contribution is 0.0526. The lowest BCUT2D eigenvalue weighted by atomic mass is 10.1. The summed E-state index contributed by atoms with van der Waals surface area (Å²) >= 11 is 3.20. The van der Waals surface area contributed by atoms with Crippen LogP contribution in [0.5, 0.6) is 5.75 Å². The molecule has 1 heterocycles. The molecule has 4 nitrogen and oxygen atoms in total. The number of halogens is 1. The van der Waals surface area contributed by atoms with Gasteiger partial charge >= 0.3 is 5.97 Å². The maximum Gasteiger partial charge on any atom is 0.342 e. The van der Waals surface area contributed by atoms with Gasteiger partial charge in [-0.2, -0.15) is 0 Å². The Bertz CT molecular complexity index is 586. The number of furan rings is 1. The van der Waals surface area contributed by atoms with Gasteiger partial charge < -0.3 is 14.3 Å². The topological polar surface area (TPSA) is 59.7 Å². The predicted molar refractivity (Wildman–Crippen MR) is 66.3 cm³/mol. The molecular formula is C12H11BrO4. The van der Waals surface area contributed by atoms with Crippen molar-refractivity contribution in [3.05, 3.63) is 27.9 Å². The van der Waals surface area contributed by atoms with Crippen LogP contribution in [0.25, 0.3) is 11.0 Å². The standard InChI is InChI=1S/C12H11BrO4/c1-3-16-12(15)9-6(2)17-8-5-4-7(13)11(14)10(8)9/h4-5,14H,3H2,1-2H3. The fraction of sp³-hybridized carbons (Fsp3) is 0.250. The van der Waals surface area contributed by atoms with Crippen LogP contribution in [0.2, 0.25) is 0 Å². The second-order valence-electron chi connectivity index (χ2n) is 3.52. The summed E-state index contributed by atoms with van der Waals surface area (Å²) in [6, 6.07) is 3.35. The fourth-order valence-electron chi connectivity index (χ4n) is 1.71. The average molecular weight is 299 g/mol. The summed E-state index contributed by atoms with van der Waals surface area (Å²) < 4.78 is 10.9. The maximum atomic E-state index is 11.8. The third-order valence-corrected chi connectivity index (χ3v) is 3.08. The van der Waals surface area contributed by atoms with Crippen molar-refractivity contribution in [3.8, 4) is 5.75 Å². The van der Waals surface area contributed by atoms with Crippen molar-refractivity contribution in [2.24, 2.45) is 0 Å². The van der Waals surface area contributed by atoms with Crippen LogP contribution in [-0.2, 0) is 4.74 Å². The number of rotatable bonds is 2. The number of ether oxygens (including phenoxy) is 1. The van der Waals surface area contributed by atoms with Crippen LogP contribution in [0, 0.1) is 6.92 Å². The number of hydrogen-bond acceptors (Lipinski definition) is 4. The highest BCUT2D eigenvalue weighted by Crippen LogP contribution is 2.38. The number of carbonyl (C=O) groups excluding carboxylic acids is 1. The van der Waals surface area contributed by atoms with E-state index < -0.39 is 5.97 Å². The van der Waals surface area contributed by atoms with Crippen LogP contribution in [0.4, 0.5) is 0 Å². The number of hydrogen-bond donors (Lipinski definition) is 1. The Morgan fingerprint density at radius 2 is 2.24 bits per heavy atom. The first-order valence-electron chi connectivity index (χ1n) is 5.14. The van der Waals surface area contributed by atoms with Gasteiger partial charge in [0.2, 0.25) is 0 Å². The SMILES string of the molecule is CCOC(=O)c1c(C)oc2ccc(Br)c(O)c12. The molecule has 1 aromatic carbocycles. The monoisotopic (exact) mass is 298 g/mol. The Labute approximate surface area is 106 Å². The van der Waals surface area contributed by atoms with E-state index in [0.29, 0.717) is 21.2 Å². The van der Waals surface area contributed by atoms with Gasteiger partial charge in [0.15, 0.2) is 0 Å². The molecule has 17 heavy (non-hydrogen) atoms. The number of benzene rings is 1. The molecular weight excluding hydrogens is 288 g/mol. The maximum absolute atomic E-state index is 11.8. The van der Waals surface area contributed by atoms with Gasteiger partial charge in [0, 0.05) is 0 Å². The summed E-state index contributed by atoms with van der Waals surface area (Å²) in [6.45, 7) is 3.67. The van der Waals surface area contributed by atoms with Crippen LogP contribution in [0.15, 0.2) is 21.0 Å². The van der Waals surface area contributed by atoms with Crippen LogP contribution < -0.4 is 0 Å². The van der Waals surface area contributed by atoms with E-state index in [9.17, 15) is 9.90 Å². The van der Waals surface area contributed by atoms with E-state index in [-0.39, 0.29) is 17.9 Å². The van der Waals surface area contributed by atoms with Crippen molar-refractivity contribution in [2.45, 2.75) is 13.8 Å². The first-order valence-corrected chi connectivity index (χ1v) is 5.93. The zero-order chi connectivity index (χ0) is 12.6. The highest BCUT2D eigenvalue weighted by Gasteiger charge is 2.22. The number of phenols is 1. The second kappa shape index (κ2) is 4.41. The summed E-state index contributed by atoms with van der Waals surface area (Å²) in [5.74, 6) is -0.0635. The Hall–Kier alpha value is -1.49. The van der Waals surface area contributed by atoms with Crippen molar-refractivity contribution in [1.82, 2.24) is 0 Å². The number of phenolic OH excluding ortho intramolecular Hbond substituents is 1. The van der Waals surface area contributed by atoms with Gasteiger partial charge in [-0.3, -0.25) is 0 Å². The molecule has 2 aromatic rings. The summed E-state index contributed by atoms with van der Waals surface area (Å²) in [6.07, 6.45) is 0. The molecule has 1 aromatic heterocycles. The molecule has 5 heteroatoms. The van der Waals surface area contributed by atoms with E-state index in [1.54, 1.807) is 26.0 Å². The molecule has 1 N–H and O–H groups in total. The first kappa shape index (κ1) is 12.0. The molecule has 0 fully saturated rings. The van der Waals surface area contributed by atoms with E-state index in [4.69, 9.17) is 9.15 Å². The largest absolute Gasteiger partial charge is 0.506 e. The van der Waals surface area contributed by atoms with Crippen LogP contribution in [-0.4, -0.2) is 17.7 Å². The van der Waals surface area contributed by atoms with E-state index in [1.165, 1.54) is 0 Å². The predicted octanol–water partition coefficient (Wildman–Crippen LogP) is 3.39. The third-order valence-electron chi connectivity index (χ3n) is 2.44. The van der Waals surface area contributed by atoms with Gasteiger partial charge in [0.05, 0.1) is 16.5 Å². The van der Waals surface area contributed by atoms with Gasteiger partial charge in [0.1, 0.15) is 22.7 Å². The zero-order valence-corrected chi connectivity index (χ0v) is 11.0. The van der Waals surface area contributed by atoms with Gasteiger partial charge in [-0.1, -0.05) is 0 Å². The Morgan fingerprint density at radius 3 is 2.88 bits per heavy atom. The Balaban J connectivity index is 2.73. The minimum absolute atomic E-state index is 0.0117. The fourth-order valence-corrected chi connectivity index (χ4v) is 2.05. The lowest BCUT2D eigenvalue weighted by Gasteiger charge is -2.02. The van der Waals surface area contributed by atoms with E-state index in [2.05, 4.69) is 15.9 Å². The highest BCUT2D eigenvalue weighted by atomic mass is 79.9. The minimum atomic E-state index is -0.489. The van der Waals surface area contributed by atoms with Crippen molar-refractivity contribution in [2.75, 3.05) is 6.61 Å². The molecule has 0 saturated carbocycles. The average Bonchev–Trinajstić information content (AvgIpc) is 2.61.